The van der Waals surface area contributed by atoms with Gasteiger partial charge in [-0.15, -0.1) is 0 Å². The average Bonchev–Trinajstić information content (AvgIpc) is 3.51. The Bertz CT molecular complexity index is 977. The molecule has 0 unspecified atom stereocenters. The second-order valence-electron chi connectivity index (χ2n) is 9.43. The third-order valence-electron chi connectivity index (χ3n) is 6.16. The monoisotopic (exact) mass is 468 g/mol. The fourth-order valence-corrected chi connectivity index (χ4v) is 3.87. The zero-order chi connectivity index (χ0) is 23.9. The molecule has 1 saturated heterocycles. The maximum absolute atomic E-state index is 9.25. The van der Waals surface area contributed by atoms with Crippen LogP contribution in [0, 0.1) is 11.8 Å². The summed E-state index contributed by atoms with van der Waals surface area (Å²) in [6.07, 6.45) is 7.26. The van der Waals surface area contributed by atoms with Gasteiger partial charge in [0.15, 0.2) is 5.76 Å². The second kappa shape index (κ2) is 11.3. The van der Waals surface area contributed by atoms with Gasteiger partial charge in [0.1, 0.15) is 17.5 Å². The Morgan fingerprint density at radius 2 is 2.06 bits per heavy atom. The first-order chi connectivity index (χ1) is 16.5. The lowest BCUT2D eigenvalue weighted by Gasteiger charge is -2.32. The zero-order valence-corrected chi connectivity index (χ0v) is 20.1. The first-order valence-electron chi connectivity index (χ1n) is 12.2. The quantitative estimate of drug-likeness (QED) is 0.273. The van der Waals surface area contributed by atoms with Crippen molar-refractivity contribution in [2.45, 2.75) is 58.4 Å². The van der Waals surface area contributed by atoms with Crippen LogP contribution in [0.4, 0.5) is 17.6 Å². The number of hydrazone groups is 1. The highest BCUT2D eigenvalue weighted by Gasteiger charge is 2.21. The first-order valence-corrected chi connectivity index (χ1v) is 12.2. The van der Waals surface area contributed by atoms with E-state index in [-0.39, 0.29) is 6.61 Å². The largest absolute Gasteiger partial charge is 0.396 e. The van der Waals surface area contributed by atoms with Gasteiger partial charge in [0.2, 0.25) is 5.95 Å². The molecule has 2 aromatic heterocycles. The van der Waals surface area contributed by atoms with E-state index in [1.54, 1.807) is 0 Å². The van der Waals surface area contributed by atoms with Gasteiger partial charge in [-0.2, -0.15) is 15.1 Å². The van der Waals surface area contributed by atoms with Crippen LogP contribution in [0.2, 0.25) is 0 Å². The molecule has 10 nitrogen and oxygen atoms in total. The normalized spacial score (nSPS) is 16.9. The average molecular weight is 469 g/mol. The van der Waals surface area contributed by atoms with Crippen molar-refractivity contribution in [3.05, 3.63) is 36.0 Å². The van der Waals surface area contributed by atoms with E-state index >= 15 is 0 Å². The Morgan fingerprint density at radius 3 is 2.74 bits per heavy atom. The molecule has 34 heavy (non-hydrogen) atoms. The van der Waals surface area contributed by atoms with Crippen LogP contribution in [-0.2, 0) is 6.54 Å². The van der Waals surface area contributed by atoms with E-state index < -0.39 is 0 Å². The number of aromatic nitrogens is 3. The standard InChI is InChI=1S/C24H36N8O2/c1-16(2)21-12-20(34-31-21)15-25-24-28-22(27-17(3)30-26-14-19-4-5-19)13-23(29-24)32-9-6-18(7-10-32)8-11-33/h12-14,16,18-19,30,33H,3-11,15H2,1-2H3,(H2,25,27,28,29)/b26-14+. The van der Waals surface area contributed by atoms with Crippen molar-refractivity contribution in [2.75, 3.05) is 35.2 Å². The Kier molecular flexibility index (Phi) is 7.99. The van der Waals surface area contributed by atoms with Crippen LogP contribution in [-0.4, -0.2) is 46.1 Å². The molecule has 0 amide bonds. The van der Waals surface area contributed by atoms with E-state index in [1.807, 2.05) is 18.3 Å². The van der Waals surface area contributed by atoms with Crippen LogP contribution in [0.3, 0.4) is 0 Å². The van der Waals surface area contributed by atoms with Crippen molar-refractivity contribution < 1.29 is 9.63 Å². The van der Waals surface area contributed by atoms with E-state index in [9.17, 15) is 5.11 Å². The number of nitrogens with one attached hydrogen (secondary N) is 3. The summed E-state index contributed by atoms with van der Waals surface area (Å²) in [6.45, 7) is 10.6. The van der Waals surface area contributed by atoms with Crippen LogP contribution in [0.25, 0.3) is 0 Å². The Morgan fingerprint density at radius 1 is 1.26 bits per heavy atom. The van der Waals surface area contributed by atoms with Gasteiger partial charge in [0.25, 0.3) is 0 Å². The number of aliphatic hydroxyl groups is 1. The van der Waals surface area contributed by atoms with Gasteiger partial charge in [-0.05, 0) is 49.9 Å². The lowest BCUT2D eigenvalue weighted by Crippen LogP contribution is -2.34. The summed E-state index contributed by atoms with van der Waals surface area (Å²) in [5.41, 5.74) is 3.86. The van der Waals surface area contributed by atoms with Gasteiger partial charge in [-0.3, -0.25) is 5.43 Å². The Balaban J connectivity index is 1.45. The second-order valence-corrected chi connectivity index (χ2v) is 9.43. The summed E-state index contributed by atoms with van der Waals surface area (Å²) < 4.78 is 5.44. The van der Waals surface area contributed by atoms with Crippen molar-refractivity contribution in [1.82, 2.24) is 20.6 Å². The minimum Gasteiger partial charge on any atom is -0.396 e. The molecule has 184 valence electrons. The highest BCUT2D eigenvalue weighted by Crippen LogP contribution is 2.27. The zero-order valence-electron chi connectivity index (χ0n) is 20.1. The number of aliphatic hydroxyl groups excluding tert-OH is 1. The molecule has 0 aromatic carbocycles. The van der Waals surface area contributed by atoms with Crippen LogP contribution >= 0.6 is 0 Å². The molecule has 3 heterocycles. The molecule has 1 saturated carbocycles. The number of piperidine rings is 1. The topological polar surface area (TPSA) is 124 Å². The minimum absolute atomic E-state index is 0.249. The molecule has 1 aliphatic heterocycles. The number of anilines is 3. The third-order valence-corrected chi connectivity index (χ3v) is 6.16. The highest BCUT2D eigenvalue weighted by atomic mass is 16.5. The molecule has 0 atom stereocenters. The van der Waals surface area contributed by atoms with Gasteiger partial charge in [0.05, 0.1) is 12.2 Å². The number of rotatable bonds is 12. The van der Waals surface area contributed by atoms with Gasteiger partial charge < -0.3 is 25.2 Å². The number of hydrogen-bond acceptors (Lipinski definition) is 10. The molecular formula is C24H36N8O2. The van der Waals surface area contributed by atoms with Crippen molar-refractivity contribution in [3.63, 3.8) is 0 Å². The van der Waals surface area contributed by atoms with Gasteiger partial charge in [-0.25, -0.2) is 0 Å². The first kappa shape index (κ1) is 24.0. The molecule has 10 heteroatoms. The molecule has 2 fully saturated rings. The van der Waals surface area contributed by atoms with E-state index in [0.29, 0.717) is 41.9 Å². The maximum Gasteiger partial charge on any atom is 0.227 e. The van der Waals surface area contributed by atoms with Crippen LogP contribution in [0.5, 0.6) is 0 Å². The van der Waals surface area contributed by atoms with E-state index in [2.05, 4.69) is 56.6 Å². The van der Waals surface area contributed by atoms with E-state index in [1.165, 1.54) is 12.8 Å². The van der Waals surface area contributed by atoms with E-state index in [4.69, 9.17) is 9.51 Å². The summed E-state index contributed by atoms with van der Waals surface area (Å²) in [5.74, 6) is 4.71. The van der Waals surface area contributed by atoms with E-state index in [0.717, 1.165) is 49.6 Å². The summed E-state index contributed by atoms with van der Waals surface area (Å²) in [7, 11) is 0. The van der Waals surface area contributed by atoms with Gasteiger partial charge >= 0.3 is 0 Å². The molecule has 0 bridgehead atoms. The van der Waals surface area contributed by atoms with Crippen LogP contribution in [0.15, 0.2) is 34.2 Å². The Hall–Kier alpha value is -3.14. The molecular weight excluding hydrogens is 432 g/mol. The lowest BCUT2D eigenvalue weighted by molar-refractivity contribution is 0.240. The number of hydrogen-bond donors (Lipinski definition) is 4. The predicted octanol–water partition coefficient (Wildman–Crippen LogP) is 3.67. The number of nitrogens with zero attached hydrogens (tertiary/aromatic N) is 5. The maximum atomic E-state index is 9.25. The Labute approximate surface area is 200 Å². The summed E-state index contributed by atoms with van der Waals surface area (Å²) >= 11 is 0. The summed E-state index contributed by atoms with van der Waals surface area (Å²) in [4.78, 5) is 11.6. The van der Waals surface area contributed by atoms with Gasteiger partial charge in [0, 0.05) is 38.0 Å². The summed E-state index contributed by atoms with van der Waals surface area (Å²) in [5, 5.41) is 24.1. The van der Waals surface area contributed by atoms with Crippen molar-refractivity contribution >= 4 is 23.8 Å². The SMILES string of the molecule is C=C(N/N=C/C1CC1)Nc1cc(N2CCC(CCO)CC2)nc(NCc2cc(C(C)C)no2)n1. The predicted molar refractivity (Wildman–Crippen MR) is 134 cm³/mol. The smallest absolute Gasteiger partial charge is 0.227 e. The molecule has 2 aromatic rings. The van der Waals surface area contributed by atoms with Gasteiger partial charge in [-0.1, -0.05) is 25.6 Å². The van der Waals surface area contributed by atoms with Crippen molar-refractivity contribution in [1.29, 1.82) is 0 Å². The fraction of sp³-hybridized carbons (Fsp3) is 0.583. The third kappa shape index (κ3) is 6.93. The molecule has 2 aliphatic rings. The lowest BCUT2D eigenvalue weighted by atomic mass is 9.94. The van der Waals surface area contributed by atoms with Crippen molar-refractivity contribution in [2.24, 2.45) is 16.9 Å². The summed E-state index contributed by atoms with van der Waals surface area (Å²) in [6, 6.07) is 3.89. The van der Waals surface area contributed by atoms with Crippen molar-refractivity contribution in [3.8, 4) is 0 Å². The molecule has 0 radical (unpaired) electrons. The van der Waals surface area contributed by atoms with Crippen LogP contribution in [0.1, 0.15) is 63.3 Å². The highest BCUT2D eigenvalue weighted by molar-refractivity contribution is 5.63. The fourth-order valence-electron chi connectivity index (χ4n) is 3.87. The molecule has 4 rings (SSSR count). The molecule has 0 spiro atoms. The molecule has 1 aliphatic carbocycles. The molecule has 4 N–H and O–H groups in total. The minimum atomic E-state index is 0.249. The van der Waals surface area contributed by atoms with Crippen LogP contribution < -0.4 is 21.0 Å².